The molecule has 21 heavy (non-hydrogen) atoms. The summed E-state index contributed by atoms with van der Waals surface area (Å²) in [6, 6.07) is 4.79. The maximum absolute atomic E-state index is 12.6. The molecule has 1 saturated heterocycles. The lowest BCUT2D eigenvalue weighted by atomic mass is 9.86. The number of hydrogen-bond donors (Lipinski definition) is 1. The lowest BCUT2D eigenvalue weighted by Crippen LogP contribution is -2.43. The predicted molar refractivity (Wildman–Crippen MR) is 75.9 cm³/mol. The van der Waals surface area contributed by atoms with E-state index in [1.807, 2.05) is 19.9 Å². The number of halogens is 1. The first kappa shape index (κ1) is 15.3. The normalized spacial score (nSPS) is 21.6. The average Bonchev–Trinajstić information content (AvgIpc) is 2.72. The quantitative estimate of drug-likeness (QED) is 0.846. The van der Waals surface area contributed by atoms with Crippen LogP contribution in [-0.4, -0.2) is 37.2 Å². The van der Waals surface area contributed by atoms with Crippen molar-refractivity contribution in [3.63, 3.8) is 0 Å². The molecule has 5 nitrogen and oxygen atoms in total. The van der Waals surface area contributed by atoms with E-state index in [1.165, 1.54) is 0 Å². The molecule has 1 N–H and O–H groups in total. The van der Waals surface area contributed by atoms with Crippen molar-refractivity contribution in [2.75, 3.05) is 20.3 Å². The van der Waals surface area contributed by atoms with Crippen LogP contribution in [0, 0.1) is 6.92 Å². The van der Waals surface area contributed by atoms with Gasteiger partial charge in [0, 0.05) is 0 Å². The molecule has 0 bridgehead atoms. The second-order valence-corrected chi connectivity index (χ2v) is 5.02. The number of carbonyl (C=O) groups is 2. The van der Waals surface area contributed by atoms with Crippen LogP contribution in [0.5, 0.6) is 5.75 Å². The smallest absolute Gasteiger partial charge is 0.325 e. The zero-order chi connectivity index (χ0) is 15.6. The van der Waals surface area contributed by atoms with Crippen molar-refractivity contribution in [2.24, 2.45) is 0 Å². The summed E-state index contributed by atoms with van der Waals surface area (Å²) in [5.74, 6) is 0.305. The average molecular weight is 294 g/mol. The van der Waals surface area contributed by atoms with Crippen molar-refractivity contribution in [2.45, 2.75) is 25.8 Å². The number of benzene rings is 1. The van der Waals surface area contributed by atoms with Crippen molar-refractivity contribution in [1.82, 2.24) is 10.2 Å². The summed E-state index contributed by atoms with van der Waals surface area (Å²) in [4.78, 5) is 25.4. The highest BCUT2D eigenvalue weighted by molar-refractivity contribution is 6.07. The Kier molecular flexibility index (Phi) is 4.16. The first-order chi connectivity index (χ1) is 10.00. The van der Waals surface area contributed by atoms with Crippen LogP contribution < -0.4 is 10.1 Å². The molecule has 114 valence electrons. The summed E-state index contributed by atoms with van der Waals surface area (Å²) in [5.41, 5.74) is 0.431. The number of nitrogens with one attached hydrogen (secondary N) is 1. The van der Waals surface area contributed by atoms with E-state index in [2.05, 4.69) is 5.32 Å². The molecule has 1 unspecified atom stereocenters. The molecule has 1 aromatic rings. The van der Waals surface area contributed by atoms with Gasteiger partial charge in [-0.3, -0.25) is 9.69 Å². The minimum absolute atomic E-state index is 0.221. The lowest BCUT2D eigenvalue weighted by molar-refractivity contribution is -0.131. The third-order valence-corrected chi connectivity index (χ3v) is 3.90. The topological polar surface area (TPSA) is 58.6 Å². The Bertz CT molecular complexity index is 576. The van der Waals surface area contributed by atoms with Crippen molar-refractivity contribution >= 4 is 11.9 Å². The van der Waals surface area contributed by atoms with Crippen LogP contribution in [0.3, 0.4) is 0 Å². The predicted octanol–water partition coefficient (Wildman–Crippen LogP) is 2.13. The molecule has 0 aliphatic carbocycles. The monoisotopic (exact) mass is 294 g/mol. The highest BCUT2D eigenvalue weighted by Crippen LogP contribution is 2.34. The Morgan fingerprint density at radius 2 is 2.10 bits per heavy atom. The van der Waals surface area contributed by atoms with Gasteiger partial charge in [-0.1, -0.05) is 13.0 Å². The molecule has 0 radical (unpaired) electrons. The van der Waals surface area contributed by atoms with E-state index < -0.39 is 24.2 Å². The Labute approximate surface area is 123 Å². The molecule has 1 atom stereocenters. The highest BCUT2D eigenvalue weighted by atomic mass is 19.1. The van der Waals surface area contributed by atoms with Gasteiger partial charge in [0.25, 0.3) is 5.91 Å². The maximum atomic E-state index is 12.6. The standard InChI is InChI=1S/C15H19FN2O3/c1-4-15(11-5-6-12(21-3)10(2)9-11)13(19)18(8-7-16)14(20)17-15/h5-6,9H,4,7-8H2,1-3H3,(H,17,20). The first-order valence-electron chi connectivity index (χ1n) is 6.85. The number of urea groups is 1. The van der Waals surface area contributed by atoms with E-state index in [4.69, 9.17) is 4.74 Å². The SMILES string of the molecule is CCC1(c2ccc(OC)c(C)c2)NC(=O)N(CCF)C1=O. The van der Waals surface area contributed by atoms with Crippen LogP contribution in [-0.2, 0) is 10.3 Å². The number of rotatable bonds is 5. The molecule has 1 heterocycles. The third-order valence-electron chi connectivity index (χ3n) is 3.90. The van der Waals surface area contributed by atoms with Gasteiger partial charge in [-0.25, -0.2) is 9.18 Å². The molecule has 2 rings (SSSR count). The maximum Gasteiger partial charge on any atom is 0.325 e. The third kappa shape index (κ3) is 2.34. The zero-order valence-electron chi connectivity index (χ0n) is 12.4. The number of aryl methyl sites for hydroxylation is 1. The summed E-state index contributed by atoms with van der Waals surface area (Å²) < 4.78 is 17.7. The highest BCUT2D eigenvalue weighted by Gasteiger charge is 2.51. The summed E-state index contributed by atoms with van der Waals surface area (Å²) in [6.45, 7) is 2.71. The van der Waals surface area contributed by atoms with Crippen molar-refractivity contribution in [3.05, 3.63) is 29.3 Å². The molecule has 6 heteroatoms. The molecular weight excluding hydrogens is 275 g/mol. The van der Waals surface area contributed by atoms with Crippen LogP contribution in [0.15, 0.2) is 18.2 Å². The molecule has 0 saturated carbocycles. The van der Waals surface area contributed by atoms with Gasteiger partial charge in [-0.05, 0) is 36.6 Å². The number of amides is 3. The van der Waals surface area contributed by atoms with Gasteiger partial charge in [0.15, 0.2) is 0 Å². The minimum Gasteiger partial charge on any atom is -0.496 e. The van der Waals surface area contributed by atoms with Gasteiger partial charge in [0.1, 0.15) is 18.0 Å². The Balaban J connectivity index is 2.45. The Hall–Kier alpha value is -2.11. The number of alkyl halides is 1. The fraction of sp³-hybridized carbons (Fsp3) is 0.467. The van der Waals surface area contributed by atoms with E-state index in [-0.39, 0.29) is 6.54 Å². The van der Waals surface area contributed by atoms with E-state index in [9.17, 15) is 14.0 Å². The summed E-state index contributed by atoms with van der Waals surface area (Å²) >= 11 is 0. The van der Waals surface area contributed by atoms with Gasteiger partial charge in [-0.15, -0.1) is 0 Å². The van der Waals surface area contributed by atoms with Crippen LogP contribution in [0.1, 0.15) is 24.5 Å². The van der Waals surface area contributed by atoms with E-state index in [0.29, 0.717) is 17.7 Å². The number of methoxy groups -OCH3 is 1. The number of ether oxygens (including phenoxy) is 1. The lowest BCUT2D eigenvalue weighted by Gasteiger charge is -2.26. The van der Waals surface area contributed by atoms with Crippen molar-refractivity contribution in [3.8, 4) is 5.75 Å². The van der Waals surface area contributed by atoms with Crippen LogP contribution in [0.25, 0.3) is 0 Å². The molecule has 0 aromatic heterocycles. The van der Waals surface area contributed by atoms with Crippen LogP contribution in [0.4, 0.5) is 9.18 Å². The molecular formula is C15H19FN2O3. The molecule has 3 amide bonds. The molecule has 1 aromatic carbocycles. The number of nitrogens with zero attached hydrogens (tertiary/aromatic N) is 1. The van der Waals surface area contributed by atoms with Crippen molar-refractivity contribution in [1.29, 1.82) is 0 Å². The molecule has 1 aliphatic heterocycles. The summed E-state index contributed by atoms with van der Waals surface area (Å²) in [7, 11) is 1.57. The number of hydrogen-bond acceptors (Lipinski definition) is 3. The van der Waals surface area contributed by atoms with Gasteiger partial charge in [-0.2, -0.15) is 0 Å². The van der Waals surface area contributed by atoms with Gasteiger partial charge in [0.2, 0.25) is 0 Å². The molecule has 0 spiro atoms. The van der Waals surface area contributed by atoms with Crippen molar-refractivity contribution < 1.29 is 18.7 Å². The summed E-state index contributed by atoms with van der Waals surface area (Å²) in [6.07, 6.45) is 0.395. The van der Waals surface area contributed by atoms with Crippen LogP contribution in [0.2, 0.25) is 0 Å². The zero-order valence-corrected chi connectivity index (χ0v) is 12.4. The van der Waals surface area contributed by atoms with E-state index in [1.54, 1.807) is 19.2 Å². The Morgan fingerprint density at radius 3 is 2.62 bits per heavy atom. The fourth-order valence-electron chi connectivity index (χ4n) is 2.70. The van der Waals surface area contributed by atoms with E-state index in [0.717, 1.165) is 10.5 Å². The Morgan fingerprint density at radius 1 is 1.38 bits per heavy atom. The summed E-state index contributed by atoms with van der Waals surface area (Å²) in [5, 5.41) is 2.71. The molecule has 1 fully saturated rings. The second kappa shape index (κ2) is 5.71. The minimum atomic E-state index is -1.12. The van der Waals surface area contributed by atoms with Gasteiger partial charge in [0.05, 0.1) is 13.7 Å². The second-order valence-electron chi connectivity index (χ2n) is 5.02. The number of imide groups is 1. The fourth-order valence-corrected chi connectivity index (χ4v) is 2.70. The van der Waals surface area contributed by atoms with Gasteiger partial charge >= 0.3 is 6.03 Å². The largest absolute Gasteiger partial charge is 0.496 e. The van der Waals surface area contributed by atoms with Crippen LogP contribution >= 0.6 is 0 Å². The first-order valence-corrected chi connectivity index (χ1v) is 6.85. The molecule has 1 aliphatic rings. The van der Waals surface area contributed by atoms with E-state index >= 15 is 0 Å². The van der Waals surface area contributed by atoms with Gasteiger partial charge < -0.3 is 10.1 Å². The number of carbonyl (C=O) groups excluding carboxylic acids is 2.